The zero-order chi connectivity index (χ0) is 13.3. The Morgan fingerprint density at radius 2 is 2.00 bits per heavy atom. The monoisotopic (exact) mass is 371 g/mol. The summed E-state index contributed by atoms with van der Waals surface area (Å²) in [5.41, 5.74) is 4.41. The van der Waals surface area contributed by atoms with E-state index in [1.807, 2.05) is 18.7 Å². The Hall–Kier alpha value is -0.650. The smallest absolute Gasteiger partial charge is 0.0791 e. The minimum Gasteiger partial charge on any atom is -0.316 e. The van der Waals surface area contributed by atoms with Crippen LogP contribution in [-0.2, 0) is 6.54 Å². The first-order valence-corrected chi connectivity index (χ1v) is 7.28. The van der Waals surface area contributed by atoms with Gasteiger partial charge in [0.2, 0.25) is 0 Å². The maximum atomic E-state index is 4.54. The first kappa shape index (κ1) is 13.8. The zero-order valence-corrected chi connectivity index (χ0v) is 13.8. The third kappa shape index (κ3) is 2.53. The minimum absolute atomic E-state index is 0.861. The second-order valence-electron chi connectivity index (χ2n) is 4.21. The van der Waals surface area contributed by atoms with E-state index in [1.165, 1.54) is 5.56 Å². The third-order valence-electron chi connectivity index (χ3n) is 2.82. The third-order valence-corrected chi connectivity index (χ3v) is 4.61. The van der Waals surface area contributed by atoms with E-state index in [1.54, 1.807) is 0 Å². The van der Waals surface area contributed by atoms with Crippen LogP contribution in [0.25, 0.3) is 5.69 Å². The molecule has 0 saturated carbocycles. The van der Waals surface area contributed by atoms with Crippen molar-refractivity contribution in [2.75, 3.05) is 7.05 Å². The van der Waals surface area contributed by atoms with E-state index in [4.69, 9.17) is 0 Å². The highest BCUT2D eigenvalue weighted by atomic mass is 79.9. The molecule has 0 atom stereocenters. The van der Waals surface area contributed by atoms with E-state index in [0.29, 0.717) is 0 Å². The summed E-state index contributed by atoms with van der Waals surface area (Å²) in [6.45, 7) is 4.91. The van der Waals surface area contributed by atoms with Gasteiger partial charge >= 0.3 is 0 Å². The molecule has 96 valence electrons. The summed E-state index contributed by atoms with van der Waals surface area (Å²) >= 11 is 7.17. The Morgan fingerprint density at radius 1 is 1.28 bits per heavy atom. The predicted octanol–water partition coefficient (Wildman–Crippen LogP) is 3.73. The highest BCUT2D eigenvalue weighted by molar-refractivity contribution is 9.11. The summed E-state index contributed by atoms with van der Waals surface area (Å²) in [4.78, 5) is 0. The zero-order valence-electron chi connectivity index (χ0n) is 10.6. The molecule has 2 aromatic rings. The molecule has 2 rings (SSSR count). The predicted molar refractivity (Wildman–Crippen MR) is 81.2 cm³/mol. The summed E-state index contributed by atoms with van der Waals surface area (Å²) in [5, 5.41) is 7.68. The minimum atomic E-state index is 0.861. The average Bonchev–Trinajstić information content (AvgIpc) is 2.58. The fourth-order valence-corrected chi connectivity index (χ4v) is 2.74. The van der Waals surface area contributed by atoms with E-state index in [9.17, 15) is 0 Å². The molecule has 3 nitrogen and oxygen atoms in total. The van der Waals surface area contributed by atoms with Crippen LogP contribution in [0.3, 0.4) is 0 Å². The molecule has 0 bridgehead atoms. The van der Waals surface area contributed by atoms with Gasteiger partial charge in [-0.3, -0.25) is 0 Å². The van der Waals surface area contributed by atoms with Crippen molar-refractivity contribution in [3.63, 3.8) is 0 Å². The Balaban J connectivity index is 2.48. The van der Waals surface area contributed by atoms with Crippen LogP contribution in [0.15, 0.2) is 27.1 Å². The van der Waals surface area contributed by atoms with Crippen molar-refractivity contribution in [1.82, 2.24) is 15.1 Å². The van der Waals surface area contributed by atoms with Crippen LogP contribution in [0.1, 0.15) is 17.0 Å². The topological polar surface area (TPSA) is 29.9 Å². The molecular weight excluding hydrogens is 358 g/mol. The van der Waals surface area contributed by atoms with Crippen molar-refractivity contribution >= 4 is 31.9 Å². The van der Waals surface area contributed by atoms with Gasteiger partial charge in [0, 0.05) is 11.0 Å². The van der Waals surface area contributed by atoms with Crippen LogP contribution >= 0.6 is 31.9 Å². The summed E-state index contributed by atoms with van der Waals surface area (Å²) in [6, 6.07) is 6.32. The highest BCUT2D eigenvalue weighted by Crippen LogP contribution is 2.27. The number of benzene rings is 1. The van der Waals surface area contributed by atoms with Crippen molar-refractivity contribution < 1.29 is 0 Å². The molecule has 1 aromatic carbocycles. The maximum Gasteiger partial charge on any atom is 0.0791 e. The molecule has 0 aliphatic heterocycles. The molecule has 0 aliphatic carbocycles. The number of nitrogens with one attached hydrogen (secondary N) is 1. The van der Waals surface area contributed by atoms with Crippen molar-refractivity contribution in [2.45, 2.75) is 20.4 Å². The molecule has 1 aromatic heterocycles. The lowest BCUT2D eigenvalue weighted by molar-refractivity contribution is 0.807. The standard InChI is InChI=1S/C13H15Br2N3/c1-8-13(15)9(2)18(17-8)12-5-4-10(7-16-3)6-11(12)14/h4-6,16H,7H2,1-3H3. The van der Waals surface area contributed by atoms with Crippen LogP contribution in [0.5, 0.6) is 0 Å². The molecule has 0 spiro atoms. The lowest BCUT2D eigenvalue weighted by Crippen LogP contribution is -2.06. The van der Waals surface area contributed by atoms with Crippen molar-refractivity contribution in [3.8, 4) is 5.69 Å². The molecule has 0 unspecified atom stereocenters. The van der Waals surface area contributed by atoms with Gasteiger partial charge in [0.25, 0.3) is 0 Å². The molecule has 0 fully saturated rings. The molecule has 0 saturated heterocycles. The van der Waals surface area contributed by atoms with E-state index >= 15 is 0 Å². The van der Waals surface area contributed by atoms with E-state index < -0.39 is 0 Å². The van der Waals surface area contributed by atoms with Gasteiger partial charge in [-0.05, 0) is 70.5 Å². The summed E-state index contributed by atoms with van der Waals surface area (Å²) in [6.07, 6.45) is 0. The quantitative estimate of drug-likeness (QED) is 0.889. The van der Waals surface area contributed by atoms with Gasteiger partial charge in [-0.1, -0.05) is 6.07 Å². The molecular formula is C13H15Br2N3. The van der Waals surface area contributed by atoms with Crippen LogP contribution in [0.4, 0.5) is 0 Å². The lowest BCUT2D eigenvalue weighted by Gasteiger charge is -2.09. The van der Waals surface area contributed by atoms with Gasteiger partial charge in [0.1, 0.15) is 0 Å². The van der Waals surface area contributed by atoms with E-state index in [0.717, 1.165) is 32.6 Å². The number of nitrogens with zero attached hydrogens (tertiary/aromatic N) is 2. The summed E-state index contributed by atoms with van der Waals surface area (Å²) < 4.78 is 4.06. The molecule has 1 N–H and O–H groups in total. The number of aromatic nitrogens is 2. The van der Waals surface area contributed by atoms with Gasteiger partial charge in [-0.15, -0.1) is 0 Å². The second-order valence-corrected chi connectivity index (χ2v) is 5.86. The summed E-state index contributed by atoms with van der Waals surface area (Å²) in [7, 11) is 1.94. The van der Waals surface area contributed by atoms with E-state index in [2.05, 4.69) is 67.4 Å². The second kappa shape index (κ2) is 5.55. The molecule has 0 radical (unpaired) electrons. The number of halogens is 2. The number of aryl methyl sites for hydroxylation is 1. The number of hydrogen-bond donors (Lipinski definition) is 1. The summed E-state index contributed by atoms with van der Waals surface area (Å²) in [5.74, 6) is 0. The maximum absolute atomic E-state index is 4.54. The Bertz CT molecular complexity index is 576. The van der Waals surface area contributed by atoms with E-state index in [-0.39, 0.29) is 0 Å². The molecule has 5 heteroatoms. The van der Waals surface area contributed by atoms with Gasteiger partial charge < -0.3 is 5.32 Å². The molecule has 18 heavy (non-hydrogen) atoms. The van der Waals surface area contributed by atoms with Crippen molar-refractivity contribution in [2.24, 2.45) is 0 Å². The number of hydrogen-bond acceptors (Lipinski definition) is 2. The first-order chi connectivity index (χ1) is 8.54. The molecule has 1 heterocycles. The van der Waals surface area contributed by atoms with Gasteiger partial charge in [0.05, 0.1) is 21.5 Å². The Labute approximate surface area is 124 Å². The highest BCUT2D eigenvalue weighted by Gasteiger charge is 2.12. The van der Waals surface area contributed by atoms with Crippen LogP contribution < -0.4 is 5.32 Å². The molecule has 0 aliphatic rings. The van der Waals surface area contributed by atoms with Crippen LogP contribution in [0, 0.1) is 13.8 Å². The van der Waals surface area contributed by atoms with Gasteiger partial charge in [0.15, 0.2) is 0 Å². The fourth-order valence-electron chi connectivity index (χ4n) is 1.89. The van der Waals surface area contributed by atoms with Crippen LogP contribution in [-0.4, -0.2) is 16.8 Å². The number of rotatable bonds is 3. The van der Waals surface area contributed by atoms with Crippen molar-refractivity contribution in [3.05, 3.63) is 44.1 Å². The van der Waals surface area contributed by atoms with Crippen molar-refractivity contribution in [1.29, 1.82) is 0 Å². The van der Waals surface area contributed by atoms with Crippen LogP contribution in [0.2, 0.25) is 0 Å². The average molecular weight is 373 g/mol. The first-order valence-electron chi connectivity index (χ1n) is 5.69. The van der Waals surface area contributed by atoms with Gasteiger partial charge in [-0.25, -0.2) is 4.68 Å². The lowest BCUT2D eigenvalue weighted by atomic mass is 10.2. The van der Waals surface area contributed by atoms with Gasteiger partial charge in [-0.2, -0.15) is 5.10 Å². The normalized spacial score (nSPS) is 10.9. The molecule has 0 amide bonds. The Kier molecular flexibility index (Phi) is 4.25. The Morgan fingerprint density at radius 3 is 2.50 bits per heavy atom. The largest absolute Gasteiger partial charge is 0.316 e. The SMILES string of the molecule is CNCc1ccc(-n2nc(C)c(Br)c2C)c(Br)c1. The fraction of sp³-hybridized carbons (Fsp3) is 0.308.